The quantitative estimate of drug-likeness (QED) is 0.833. The van der Waals surface area contributed by atoms with Crippen molar-refractivity contribution in [1.82, 2.24) is 25.4 Å². The van der Waals surface area contributed by atoms with Crippen LogP contribution in [0.15, 0.2) is 18.5 Å². The van der Waals surface area contributed by atoms with Crippen LogP contribution >= 0.6 is 11.3 Å². The van der Waals surface area contributed by atoms with Crippen LogP contribution in [0.2, 0.25) is 0 Å². The molecule has 0 unspecified atom stereocenters. The van der Waals surface area contributed by atoms with Crippen molar-refractivity contribution in [1.29, 1.82) is 0 Å². The van der Waals surface area contributed by atoms with Crippen molar-refractivity contribution in [3.05, 3.63) is 34.0 Å². The van der Waals surface area contributed by atoms with E-state index in [9.17, 15) is 4.79 Å². The number of hydrogen-bond acceptors (Lipinski definition) is 5. The molecule has 1 amide bonds. The summed E-state index contributed by atoms with van der Waals surface area (Å²) in [4.78, 5) is 18.8. The molecule has 2 aromatic heterocycles. The van der Waals surface area contributed by atoms with Crippen molar-refractivity contribution >= 4 is 17.2 Å². The van der Waals surface area contributed by atoms with Crippen LogP contribution < -0.4 is 10.6 Å². The van der Waals surface area contributed by atoms with Gasteiger partial charge in [0.2, 0.25) is 5.91 Å². The molecule has 6 nitrogen and oxygen atoms in total. The van der Waals surface area contributed by atoms with Crippen LogP contribution in [0.3, 0.4) is 0 Å². The third kappa shape index (κ3) is 3.37. The smallest absolute Gasteiger partial charge is 0.248 e. The zero-order valence-corrected chi connectivity index (χ0v) is 15.2. The van der Waals surface area contributed by atoms with Crippen LogP contribution in [-0.2, 0) is 23.2 Å². The molecule has 3 heterocycles. The van der Waals surface area contributed by atoms with Gasteiger partial charge in [0.05, 0.1) is 10.7 Å². The molecule has 2 N–H and O–H groups in total. The highest BCUT2D eigenvalue weighted by Crippen LogP contribution is 2.27. The molecule has 0 atom stereocenters. The first-order chi connectivity index (χ1) is 11.7. The van der Waals surface area contributed by atoms with Crippen LogP contribution in [0.25, 0.3) is 0 Å². The second-order valence-electron chi connectivity index (χ2n) is 6.20. The number of aryl methyl sites for hydroxylation is 2. The summed E-state index contributed by atoms with van der Waals surface area (Å²) in [5.41, 5.74) is 0.606. The van der Waals surface area contributed by atoms with E-state index in [1.54, 1.807) is 17.5 Å². The lowest BCUT2D eigenvalue weighted by Crippen LogP contribution is -2.54. The van der Waals surface area contributed by atoms with Crippen molar-refractivity contribution in [3.8, 4) is 0 Å². The highest BCUT2D eigenvalue weighted by atomic mass is 32.1. The van der Waals surface area contributed by atoms with Gasteiger partial charge in [0.1, 0.15) is 5.54 Å². The summed E-state index contributed by atoms with van der Waals surface area (Å²) in [5.74, 6) is 0.0664. The molecule has 0 aromatic carbocycles. The Morgan fingerprint density at radius 1 is 1.46 bits per heavy atom. The van der Waals surface area contributed by atoms with Crippen molar-refractivity contribution in [2.24, 2.45) is 0 Å². The normalized spacial score (nSPS) is 16.9. The van der Waals surface area contributed by atoms with Crippen LogP contribution in [0.1, 0.15) is 35.3 Å². The number of rotatable bonds is 6. The Bertz CT molecular complexity index is 673. The molecule has 3 rings (SSSR count). The van der Waals surface area contributed by atoms with Gasteiger partial charge in [-0.05, 0) is 45.3 Å². The number of carbonyl (C=O) groups is 1. The minimum absolute atomic E-state index is 0.0664. The Morgan fingerprint density at radius 3 is 2.88 bits per heavy atom. The summed E-state index contributed by atoms with van der Waals surface area (Å²) in [5, 5.41) is 11.9. The number of nitrogens with zero attached hydrogens (tertiary/aromatic N) is 3. The van der Waals surface area contributed by atoms with Gasteiger partial charge in [-0.25, -0.2) is 4.98 Å². The predicted octanol–water partition coefficient (Wildman–Crippen LogP) is 1.65. The van der Waals surface area contributed by atoms with E-state index >= 15 is 0 Å². The maximum Gasteiger partial charge on any atom is 0.248 e. The summed E-state index contributed by atoms with van der Waals surface area (Å²) in [6.45, 7) is 6.52. The molecule has 2 aromatic rings. The van der Waals surface area contributed by atoms with E-state index in [2.05, 4.69) is 34.6 Å². The standard InChI is InChI=1S/C17H25N5OS/c1-3-14-13(2)24-15(21-14)5-9-19-16(23)17(6-10-18-11-7-17)22-12-4-8-20-22/h4,8,12,18H,3,5-7,9-11H2,1-2H3,(H,19,23). The van der Waals surface area contributed by atoms with Gasteiger partial charge < -0.3 is 10.6 Å². The highest BCUT2D eigenvalue weighted by molar-refractivity contribution is 7.11. The fourth-order valence-electron chi connectivity index (χ4n) is 3.29. The maximum absolute atomic E-state index is 12.9. The zero-order chi connectivity index (χ0) is 17.0. The molecule has 0 radical (unpaired) electrons. The largest absolute Gasteiger partial charge is 0.354 e. The first kappa shape index (κ1) is 17.1. The molecule has 1 fully saturated rings. The average Bonchev–Trinajstić information content (AvgIpc) is 3.25. The summed E-state index contributed by atoms with van der Waals surface area (Å²) in [6.07, 6.45) is 6.90. The number of aromatic nitrogens is 3. The van der Waals surface area contributed by atoms with Gasteiger partial charge in [0, 0.05) is 30.2 Å². The van der Waals surface area contributed by atoms with Crippen molar-refractivity contribution in [2.75, 3.05) is 19.6 Å². The number of thiazole rings is 1. The second-order valence-corrected chi connectivity index (χ2v) is 7.49. The van der Waals surface area contributed by atoms with E-state index in [1.165, 1.54) is 10.6 Å². The SMILES string of the molecule is CCc1nc(CCNC(=O)C2(n3cccn3)CCNCC2)sc1C. The maximum atomic E-state index is 12.9. The lowest BCUT2D eigenvalue weighted by atomic mass is 9.87. The van der Waals surface area contributed by atoms with Gasteiger partial charge in [-0.3, -0.25) is 9.48 Å². The Kier molecular flexibility index (Phi) is 5.30. The minimum Gasteiger partial charge on any atom is -0.354 e. The first-order valence-electron chi connectivity index (χ1n) is 8.60. The van der Waals surface area contributed by atoms with E-state index < -0.39 is 5.54 Å². The fraction of sp³-hybridized carbons (Fsp3) is 0.588. The molecule has 1 aliphatic heterocycles. The molecule has 130 valence electrons. The average molecular weight is 347 g/mol. The third-order valence-corrected chi connectivity index (χ3v) is 5.77. The van der Waals surface area contributed by atoms with Crippen molar-refractivity contribution < 1.29 is 4.79 Å². The minimum atomic E-state index is -0.567. The summed E-state index contributed by atoms with van der Waals surface area (Å²) < 4.78 is 1.83. The predicted molar refractivity (Wildman–Crippen MR) is 95.2 cm³/mol. The van der Waals surface area contributed by atoms with Gasteiger partial charge >= 0.3 is 0 Å². The van der Waals surface area contributed by atoms with Gasteiger partial charge in [-0.1, -0.05) is 6.92 Å². The molecule has 1 saturated heterocycles. The molecule has 0 saturated carbocycles. The number of nitrogens with one attached hydrogen (secondary N) is 2. The van der Waals surface area contributed by atoms with Crippen LogP contribution in [0.4, 0.5) is 0 Å². The Labute approximate surface area is 146 Å². The monoisotopic (exact) mass is 347 g/mol. The van der Waals surface area contributed by atoms with Gasteiger partial charge in [-0.15, -0.1) is 11.3 Å². The number of amides is 1. The Morgan fingerprint density at radius 2 is 2.25 bits per heavy atom. The lowest BCUT2D eigenvalue weighted by molar-refractivity contribution is -0.131. The molecule has 0 spiro atoms. The Hall–Kier alpha value is -1.73. The lowest BCUT2D eigenvalue weighted by Gasteiger charge is -2.36. The second kappa shape index (κ2) is 7.44. The van der Waals surface area contributed by atoms with Crippen LogP contribution in [0.5, 0.6) is 0 Å². The summed E-state index contributed by atoms with van der Waals surface area (Å²) >= 11 is 1.73. The Balaban J connectivity index is 1.63. The van der Waals surface area contributed by atoms with E-state index in [-0.39, 0.29) is 5.91 Å². The highest BCUT2D eigenvalue weighted by Gasteiger charge is 2.41. The zero-order valence-electron chi connectivity index (χ0n) is 14.3. The van der Waals surface area contributed by atoms with Gasteiger partial charge in [-0.2, -0.15) is 5.10 Å². The topological polar surface area (TPSA) is 71.8 Å². The summed E-state index contributed by atoms with van der Waals surface area (Å²) in [6, 6.07) is 1.88. The number of piperidine rings is 1. The molecular weight excluding hydrogens is 322 g/mol. The molecule has 7 heteroatoms. The van der Waals surface area contributed by atoms with E-state index in [1.807, 2.05) is 16.9 Å². The number of hydrogen-bond donors (Lipinski definition) is 2. The van der Waals surface area contributed by atoms with Crippen LogP contribution in [-0.4, -0.2) is 40.3 Å². The molecule has 0 aliphatic carbocycles. The summed E-state index contributed by atoms with van der Waals surface area (Å²) in [7, 11) is 0. The number of carbonyl (C=O) groups excluding carboxylic acids is 1. The third-order valence-electron chi connectivity index (χ3n) is 4.69. The molecule has 0 bridgehead atoms. The van der Waals surface area contributed by atoms with Crippen LogP contribution in [0, 0.1) is 6.92 Å². The van der Waals surface area contributed by atoms with E-state index in [0.29, 0.717) is 6.54 Å². The first-order valence-corrected chi connectivity index (χ1v) is 9.41. The molecule has 1 aliphatic rings. The van der Waals surface area contributed by atoms with Crippen molar-refractivity contribution in [3.63, 3.8) is 0 Å². The van der Waals surface area contributed by atoms with E-state index in [0.717, 1.165) is 43.8 Å². The van der Waals surface area contributed by atoms with E-state index in [4.69, 9.17) is 0 Å². The fourth-order valence-corrected chi connectivity index (χ4v) is 4.31. The molecule has 24 heavy (non-hydrogen) atoms. The van der Waals surface area contributed by atoms with Gasteiger partial charge in [0.25, 0.3) is 0 Å². The van der Waals surface area contributed by atoms with Crippen molar-refractivity contribution in [2.45, 2.75) is 45.1 Å². The molecular formula is C17H25N5OS. The van der Waals surface area contributed by atoms with Gasteiger partial charge in [0.15, 0.2) is 0 Å².